The maximum atomic E-state index is 11.9. The van der Waals surface area contributed by atoms with Crippen LogP contribution in [0.2, 0.25) is 5.02 Å². The van der Waals surface area contributed by atoms with Crippen molar-refractivity contribution in [2.75, 3.05) is 12.3 Å². The summed E-state index contributed by atoms with van der Waals surface area (Å²) in [5.74, 6) is -1.07. The number of nitrogens with two attached hydrogens (primary N) is 1. The normalized spacial score (nSPS) is 11.6. The van der Waals surface area contributed by atoms with Crippen molar-refractivity contribution in [2.24, 2.45) is 0 Å². The quantitative estimate of drug-likeness (QED) is 0.580. The van der Waals surface area contributed by atoms with E-state index in [9.17, 15) is 9.59 Å². The van der Waals surface area contributed by atoms with E-state index in [2.05, 4.69) is 21.2 Å². The Labute approximate surface area is 153 Å². The molecule has 0 aliphatic heterocycles. The minimum Gasteiger partial charge on any atom is -0.452 e. The molecule has 2 aromatic carbocycles. The molecule has 24 heavy (non-hydrogen) atoms. The number of amides is 1. The summed E-state index contributed by atoms with van der Waals surface area (Å²) in [4.78, 5) is 23.9. The monoisotopic (exact) mass is 410 g/mol. The van der Waals surface area contributed by atoms with E-state index >= 15 is 0 Å². The van der Waals surface area contributed by atoms with Crippen molar-refractivity contribution in [3.05, 3.63) is 63.1 Å². The average molecular weight is 412 g/mol. The van der Waals surface area contributed by atoms with Crippen LogP contribution in [-0.2, 0) is 9.53 Å². The van der Waals surface area contributed by atoms with Gasteiger partial charge in [-0.1, -0.05) is 39.7 Å². The Morgan fingerprint density at radius 2 is 1.92 bits per heavy atom. The molecule has 0 unspecified atom stereocenters. The first-order chi connectivity index (χ1) is 11.4. The molecule has 2 rings (SSSR count). The molecule has 5 nitrogen and oxygen atoms in total. The molecule has 0 saturated heterocycles. The van der Waals surface area contributed by atoms with E-state index in [1.807, 2.05) is 31.2 Å². The molecule has 126 valence electrons. The number of ether oxygens (including phenoxy) is 1. The molecule has 0 bridgehead atoms. The van der Waals surface area contributed by atoms with Gasteiger partial charge in [0.2, 0.25) is 0 Å². The third-order valence-corrected chi connectivity index (χ3v) is 4.08. The lowest BCUT2D eigenvalue weighted by Gasteiger charge is -2.14. The Balaban J connectivity index is 1.88. The fraction of sp³-hybridized carbons (Fsp3) is 0.176. The molecule has 7 heteroatoms. The van der Waals surface area contributed by atoms with Crippen LogP contribution >= 0.6 is 27.5 Å². The summed E-state index contributed by atoms with van der Waals surface area (Å²) in [5, 5.41) is 3.18. The van der Waals surface area contributed by atoms with Crippen LogP contribution in [0.3, 0.4) is 0 Å². The van der Waals surface area contributed by atoms with Crippen LogP contribution in [-0.4, -0.2) is 18.5 Å². The van der Waals surface area contributed by atoms with Gasteiger partial charge in [0.1, 0.15) is 0 Å². The van der Waals surface area contributed by atoms with Gasteiger partial charge in [-0.3, -0.25) is 4.79 Å². The summed E-state index contributed by atoms with van der Waals surface area (Å²) in [6.45, 7) is 1.46. The molecule has 0 spiro atoms. The molecular weight excluding hydrogens is 396 g/mol. The summed E-state index contributed by atoms with van der Waals surface area (Å²) < 4.78 is 5.94. The third-order valence-electron chi connectivity index (χ3n) is 3.32. The van der Waals surface area contributed by atoms with Crippen LogP contribution in [0.1, 0.15) is 28.9 Å². The van der Waals surface area contributed by atoms with Crippen molar-refractivity contribution in [1.82, 2.24) is 5.32 Å². The van der Waals surface area contributed by atoms with Crippen molar-refractivity contribution in [3.8, 4) is 0 Å². The second-order valence-electron chi connectivity index (χ2n) is 5.15. The maximum absolute atomic E-state index is 11.9. The van der Waals surface area contributed by atoms with E-state index in [4.69, 9.17) is 22.1 Å². The van der Waals surface area contributed by atoms with E-state index in [1.165, 1.54) is 18.2 Å². The predicted molar refractivity (Wildman–Crippen MR) is 96.8 cm³/mol. The van der Waals surface area contributed by atoms with E-state index < -0.39 is 11.9 Å². The topological polar surface area (TPSA) is 81.4 Å². The number of carbonyl (C=O) groups is 2. The largest absolute Gasteiger partial charge is 0.452 e. The van der Waals surface area contributed by atoms with E-state index in [0.717, 1.165) is 10.0 Å². The molecule has 1 atom stereocenters. The zero-order valence-electron chi connectivity index (χ0n) is 12.9. The number of nitrogen functional groups attached to an aromatic ring is 1. The van der Waals surface area contributed by atoms with Gasteiger partial charge < -0.3 is 15.8 Å². The number of carbonyl (C=O) groups excluding carboxylic acids is 2. The van der Waals surface area contributed by atoms with Gasteiger partial charge in [-0.2, -0.15) is 0 Å². The van der Waals surface area contributed by atoms with Crippen LogP contribution in [0.25, 0.3) is 0 Å². The number of benzene rings is 2. The Morgan fingerprint density at radius 3 is 2.54 bits per heavy atom. The Kier molecular flexibility index (Phi) is 6.23. The number of halogens is 2. The summed E-state index contributed by atoms with van der Waals surface area (Å²) in [6.07, 6.45) is 0. The molecule has 0 heterocycles. The standard InChI is InChI=1S/C17H16BrClN2O3/c1-10(11-2-4-12(18)5-3-11)21-16(22)9-24-17(23)14-7-6-13(19)8-15(14)20/h2-8,10H,9,20H2,1H3,(H,21,22)/t10-/m1/s1. The smallest absolute Gasteiger partial charge is 0.340 e. The fourth-order valence-corrected chi connectivity index (χ4v) is 2.49. The molecule has 0 aliphatic carbocycles. The van der Waals surface area contributed by atoms with Crippen molar-refractivity contribution < 1.29 is 14.3 Å². The number of esters is 1. The number of rotatable bonds is 5. The molecule has 2 aromatic rings. The molecule has 0 fully saturated rings. The van der Waals surface area contributed by atoms with Gasteiger partial charge in [0.25, 0.3) is 5.91 Å². The highest BCUT2D eigenvalue weighted by molar-refractivity contribution is 9.10. The second-order valence-corrected chi connectivity index (χ2v) is 6.50. The molecule has 0 saturated carbocycles. The number of anilines is 1. The summed E-state index contributed by atoms with van der Waals surface area (Å²) in [7, 11) is 0. The molecule has 0 aliphatic rings. The minimum atomic E-state index is -0.671. The molecule has 3 N–H and O–H groups in total. The minimum absolute atomic E-state index is 0.174. The van der Waals surface area contributed by atoms with Crippen LogP contribution in [0.4, 0.5) is 5.69 Å². The van der Waals surface area contributed by atoms with Crippen molar-refractivity contribution >= 4 is 45.1 Å². The second kappa shape index (κ2) is 8.17. The van der Waals surface area contributed by atoms with Gasteiger partial charge in [-0.05, 0) is 42.8 Å². The SMILES string of the molecule is C[C@@H](NC(=O)COC(=O)c1ccc(Cl)cc1N)c1ccc(Br)cc1. The lowest BCUT2D eigenvalue weighted by Crippen LogP contribution is -2.31. The van der Waals surface area contributed by atoms with Gasteiger partial charge in [-0.25, -0.2) is 4.79 Å². The van der Waals surface area contributed by atoms with Gasteiger partial charge >= 0.3 is 5.97 Å². The highest BCUT2D eigenvalue weighted by Gasteiger charge is 2.15. The molecule has 1 amide bonds. The lowest BCUT2D eigenvalue weighted by molar-refractivity contribution is -0.124. The fourth-order valence-electron chi connectivity index (χ4n) is 2.05. The Hall–Kier alpha value is -2.05. The predicted octanol–water partition coefficient (Wildman–Crippen LogP) is 3.72. The third kappa shape index (κ3) is 4.97. The first kappa shape index (κ1) is 18.3. The van der Waals surface area contributed by atoms with Crippen molar-refractivity contribution in [1.29, 1.82) is 0 Å². The van der Waals surface area contributed by atoms with E-state index in [-0.39, 0.29) is 23.9 Å². The lowest BCUT2D eigenvalue weighted by atomic mass is 10.1. The number of hydrogen-bond donors (Lipinski definition) is 2. The first-order valence-electron chi connectivity index (χ1n) is 7.14. The van der Waals surface area contributed by atoms with Crippen molar-refractivity contribution in [2.45, 2.75) is 13.0 Å². The number of hydrogen-bond acceptors (Lipinski definition) is 4. The summed E-state index contributed by atoms with van der Waals surface area (Å²) >= 11 is 9.13. The van der Waals surface area contributed by atoms with Gasteiger partial charge in [0.15, 0.2) is 6.61 Å². The van der Waals surface area contributed by atoms with Crippen LogP contribution in [0.15, 0.2) is 46.9 Å². The zero-order chi connectivity index (χ0) is 17.7. The average Bonchev–Trinajstić information content (AvgIpc) is 2.53. The van der Waals surface area contributed by atoms with Gasteiger partial charge in [-0.15, -0.1) is 0 Å². The number of nitrogens with one attached hydrogen (secondary N) is 1. The van der Waals surface area contributed by atoms with Gasteiger partial charge in [0.05, 0.1) is 11.6 Å². The first-order valence-corrected chi connectivity index (χ1v) is 8.31. The maximum Gasteiger partial charge on any atom is 0.340 e. The molecule has 0 radical (unpaired) electrons. The highest BCUT2D eigenvalue weighted by atomic mass is 79.9. The van der Waals surface area contributed by atoms with E-state index in [0.29, 0.717) is 5.02 Å². The summed E-state index contributed by atoms with van der Waals surface area (Å²) in [5.41, 5.74) is 7.03. The molecular formula is C17H16BrClN2O3. The van der Waals surface area contributed by atoms with Crippen molar-refractivity contribution in [3.63, 3.8) is 0 Å². The Morgan fingerprint density at radius 1 is 1.25 bits per heavy atom. The van der Waals surface area contributed by atoms with Gasteiger partial charge in [0, 0.05) is 15.2 Å². The Bertz CT molecular complexity index is 750. The highest BCUT2D eigenvalue weighted by Crippen LogP contribution is 2.19. The molecule has 0 aromatic heterocycles. The van der Waals surface area contributed by atoms with Crippen LogP contribution in [0, 0.1) is 0 Å². The zero-order valence-corrected chi connectivity index (χ0v) is 15.2. The van der Waals surface area contributed by atoms with E-state index in [1.54, 1.807) is 0 Å². The van der Waals surface area contributed by atoms with Crippen LogP contribution < -0.4 is 11.1 Å². The van der Waals surface area contributed by atoms with Crippen LogP contribution in [0.5, 0.6) is 0 Å². The summed E-state index contributed by atoms with van der Waals surface area (Å²) in [6, 6.07) is 11.8.